The number of primary amides is 1. The number of nitrogens with zero attached hydrogens (tertiary/aromatic N) is 2. The third kappa shape index (κ3) is 2.91. The molecule has 1 heterocycles. The molecule has 110 valence electrons. The molecule has 0 unspecified atom stereocenters. The molecule has 22 heavy (non-hydrogen) atoms. The Morgan fingerprint density at radius 1 is 1.05 bits per heavy atom. The van der Waals surface area contributed by atoms with Crippen LogP contribution in [0.1, 0.15) is 5.56 Å². The molecular formula is C18H17N3O. The van der Waals surface area contributed by atoms with E-state index in [1.165, 1.54) is 0 Å². The summed E-state index contributed by atoms with van der Waals surface area (Å²) in [6, 6.07) is 18.2. The van der Waals surface area contributed by atoms with Gasteiger partial charge in [0.25, 0.3) is 0 Å². The number of carbonyl (C=O) groups is 1. The Morgan fingerprint density at radius 2 is 1.77 bits per heavy atom. The second-order valence-electron chi connectivity index (χ2n) is 5.26. The van der Waals surface area contributed by atoms with Gasteiger partial charge >= 0.3 is 0 Å². The highest BCUT2D eigenvalue weighted by Gasteiger charge is 2.05. The van der Waals surface area contributed by atoms with Crippen LogP contribution in [-0.4, -0.2) is 15.7 Å². The van der Waals surface area contributed by atoms with Gasteiger partial charge in [-0.05, 0) is 28.8 Å². The Kier molecular flexibility index (Phi) is 3.74. The minimum absolute atomic E-state index is 0.273. The molecule has 0 fully saturated rings. The fourth-order valence-electron chi connectivity index (χ4n) is 2.53. The van der Waals surface area contributed by atoms with E-state index < -0.39 is 0 Å². The number of rotatable bonds is 4. The first-order valence-electron chi connectivity index (χ1n) is 7.09. The van der Waals surface area contributed by atoms with Crippen molar-refractivity contribution >= 4 is 5.91 Å². The van der Waals surface area contributed by atoms with Gasteiger partial charge in [0.1, 0.15) is 0 Å². The molecule has 0 aliphatic rings. The van der Waals surface area contributed by atoms with Crippen LogP contribution >= 0.6 is 0 Å². The fraction of sp³-hybridized carbons (Fsp3) is 0.111. The Bertz CT molecular complexity index is 803. The summed E-state index contributed by atoms with van der Waals surface area (Å²) < 4.78 is 1.86. The lowest BCUT2D eigenvalue weighted by Crippen LogP contribution is -2.13. The molecule has 0 aliphatic heterocycles. The van der Waals surface area contributed by atoms with E-state index in [2.05, 4.69) is 23.3 Å². The standard InChI is InChI=1S/C18H17N3O/c1-21-17(9-10-20-21)16-4-2-3-15(12-16)14-7-5-13(6-8-14)11-18(19)22/h2-10,12H,11H2,1H3,(H2,19,22). The molecule has 0 bridgehead atoms. The number of carbonyl (C=O) groups excluding carboxylic acids is 1. The molecule has 0 atom stereocenters. The lowest BCUT2D eigenvalue weighted by atomic mass is 10.00. The van der Waals surface area contributed by atoms with Crippen LogP contribution in [0.15, 0.2) is 60.8 Å². The number of aryl methyl sites for hydroxylation is 1. The van der Waals surface area contributed by atoms with Crippen molar-refractivity contribution in [1.29, 1.82) is 0 Å². The molecule has 3 aromatic rings. The molecule has 4 heteroatoms. The van der Waals surface area contributed by atoms with E-state index in [0.717, 1.165) is 27.9 Å². The normalized spacial score (nSPS) is 10.6. The van der Waals surface area contributed by atoms with E-state index in [-0.39, 0.29) is 12.3 Å². The third-order valence-electron chi connectivity index (χ3n) is 3.64. The maximum absolute atomic E-state index is 10.9. The molecule has 0 radical (unpaired) electrons. The smallest absolute Gasteiger partial charge is 0.221 e. The first-order chi connectivity index (χ1) is 10.6. The number of hydrogen-bond donors (Lipinski definition) is 1. The summed E-state index contributed by atoms with van der Waals surface area (Å²) in [5.41, 5.74) is 10.6. The monoisotopic (exact) mass is 291 g/mol. The molecule has 2 aromatic carbocycles. The van der Waals surface area contributed by atoms with Gasteiger partial charge in [-0.15, -0.1) is 0 Å². The van der Waals surface area contributed by atoms with Crippen molar-refractivity contribution in [3.8, 4) is 22.4 Å². The molecule has 2 N–H and O–H groups in total. The fourth-order valence-corrected chi connectivity index (χ4v) is 2.53. The lowest BCUT2D eigenvalue weighted by molar-refractivity contribution is -0.117. The van der Waals surface area contributed by atoms with Gasteiger partial charge in [0.15, 0.2) is 0 Å². The van der Waals surface area contributed by atoms with Crippen molar-refractivity contribution in [1.82, 2.24) is 9.78 Å². The van der Waals surface area contributed by atoms with Crippen molar-refractivity contribution in [2.24, 2.45) is 12.8 Å². The summed E-state index contributed by atoms with van der Waals surface area (Å²) in [4.78, 5) is 10.9. The van der Waals surface area contributed by atoms with Crippen molar-refractivity contribution in [2.75, 3.05) is 0 Å². The summed E-state index contributed by atoms with van der Waals surface area (Å²) in [5, 5.41) is 4.21. The zero-order chi connectivity index (χ0) is 15.5. The van der Waals surface area contributed by atoms with Crippen LogP contribution in [0.25, 0.3) is 22.4 Å². The molecule has 1 aromatic heterocycles. The summed E-state index contributed by atoms with van der Waals surface area (Å²) in [6.07, 6.45) is 2.07. The largest absolute Gasteiger partial charge is 0.369 e. The number of amides is 1. The van der Waals surface area contributed by atoms with E-state index in [9.17, 15) is 4.79 Å². The molecular weight excluding hydrogens is 274 g/mol. The summed E-state index contributed by atoms with van der Waals surface area (Å²) >= 11 is 0. The maximum Gasteiger partial charge on any atom is 0.221 e. The summed E-state index contributed by atoms with van der Waals surface area (Å²) in [7, 11) is 1.93. The van der Waals surface area contributed by atoms with E-state index in [1.807, 2.05) is 48.1 Å². The van der Waals surface area contributed by atoms with E-state index in [1.54, 1.807) is 6.20 Å². The molecule has 0 saturated heterocycles. The zero-order valence-electron chi connectivity index (χ0n) is 12.4. The highest BCUT2D eigenvalue weighted by molar-refractivity contribution is 5.77. The second-order valence-corrected chi connectivity index (χ2v) is 5.26. The van der Waals surface area contributed by atoms with E-state index in [0.29, 0.717) is 0 Å². The Hall–Kier alpha value is -2.88. The molecule has 0 saturated carbocycles. The zero-order valence-corrected chi connectivity index (χ0v) is 12.4. The minimum Gasteiger partial charge on any atom is -0.369 e. The topological polar surface area (TPSA) is 60.9 Å². The van der Waals surface area contributed by atoms with Crippen molar-refractivity contribution < 1.29 is 4.79 Å². The van der Waals surface area contributed by atoms with Gasteiger partial charge in [-0.1, -0.05) is 42.5 Å². The first kappa shape index (κ1) is 14.1. The van der Waals surface area contributed by atoms with Gasteiger partial charge in [-0.3, -0.25) is 9.48 Å². The number of benzene rings is 2. The van der Waals surface area contributed by atoms with Gasteiger partial charge in [0, 0.05) is 18.8 Å². The maximum atomic E-state index is 10.9. The van der Waals surface area contributed by atoms with Crippen LogP contribution in [0.2, 0.25) is 0 Å². The van der Waals surface area contributed by atoms with Crippen LogP contribution in [0.4, 0.5) is 0 Å². The van der Waals surface area contributed by atoms with Gasteiger partial charge in [-0.25, -0.2) is 0 Å². The number of hydrogen-bond acceptors (Lipinski definition) is 2. The molecule has 4 nitrogen and oxygen atoms in total. The average Bonchev–Trinajstić information content (AvgIpc) is 2.94. The minimum atomic E-state index is -0.314. The van der Waals surface area contributed by atoms with Crippen molar-refractivity contribution in [3.63, 3.8) is 0 Å². The number of aromatic nitrogens is 2. The number of nitrogens with two attached hydrogens (primary N) is 1. The average molecular weight is 291 g/mol. The molecule has 1 amide bonds. The molecule has 3 rings (SSSR count). The van der Waals surface area contributed by atoms with Crippen LogP contribution in [0.5, 0.6) is 0 Å². The van der Waals surface area contributed by atoms with Gasteiger partial charge < -0.3 is 5.73 Å². The van der Waals surface area contributed by atoms with Crippen LogP contribution in [0, 0.1) is 0 Å². The summed E-state index contributed by atoms with van der Waals surface area (Å²) in [6.45, 7) is 0. The third-order valence-corrected chi connectivity index (χ3v) is 3.64. The Balaban J connectivity index is 1.92. The van der Waals surface area contributed by atoms with E-state index in [4.69, 9.17) is 5.73 Å². The predicted octanol–water partition coefficient (Wildman–Crippen LogP) is 2.78. The lowest BCUT2D eigenvalue weighted by Gasteiger charge is -2.07. The van der Waals surface area contributed by atoms with Crippen LogP contribution in [0.3, 0.4) is 0 Å². The van der Waals surface area contributed by atoms with Crippen LogP contribution < -0.4 is 5.73 Å². The van der Waals surface area contributed by atoms with Crippen molar-refractivity contribution in [2.45, 2.75) is 6.42 Å². The SMILES string of the molecule is Cn1nccc1-c1cccc(-c2ccc(CC(N)=O)cc2)c1. The molecule has 0 aliphatic carbocycles. The highest BCUT2D eigenvalue weighted by Crippen LogP contribution is 2.26. The van der Waals surface area contributed by atoms with E-state index >= 15 is 0 Å². The van der Waals surface area contributed by atoms with Crippen molar-refractivity contribution in [3.05, 3.63) is 66.4 Å². The second kappa shape index (κ2) is 5.85. The van der Waals surface area contributed by atoms with Gasteiger partial charge in [0.2, 0.25) is 5.91 Å². The first-order valence-corrected chi connectivity index (χ1v) is 7.09. The van der Waals surface area contributed by atoms with Gasteiger partial charge in [0.05, 0.1) is 12.1 Å². The van der Waals surface area contributed by atoms with Crippen LogP contribution in [-0.2, 0) is 18.3 Å². The highest BCUT2D eigenvalue weighted by atomic mass is 16.1. The predicted molar refractivity (Wildman–Crippen MR) is 87.0 cm³/mol. The van der Waals surface area contributed by atoms with Gasteiger partial charge in [-0.2, -0.15) is 5.10 Å². The summed E-state index contributed by atoms with van der Waals surface area (Å²) in [5.74, 6) is -0.314. The Labute approximate surface area is 129 Å². The quantitative estimate of drug-likeness (QED) is 0.803. The molecule has 0 spiro atoms. The Morgan fingerprint density at radius 3 is 2.41 bits per heavy atom.